The fourth-order valence-electron chi connectivity index (χ4n) is 2.59. The first kappa shape index (κ1) is 17.8. The van der Waals surface area contributed by atoms with Crippen LogP contribution in [0, 0.1) is 0 Å². The third-order valence-electron chi connectivity index (χ3n) is 3.87. The zero-order valence-electron chi connectivity index (χ0n) is 14.2. The van der Waals surface area contributed by atoms with Crippen LogP contribution >= 0.6 is 0 Å². The molecule has 6 nitrogen and oxygen atoms in total. The summed E-state index contributed by atoms with van der Waals surface area (Å²) in [6, 6.07) is 6.16. The highest BCUT2D eigenvalue weighted by atomic mass is 19.4. The third-order valence-corrected chi connectivity index (χ3v) is 3.87. The predicted octanol–water partition coefficient (Wildman–Crippen LogP) is 3.44. The second kappa shape index (κ2) is 6.74. The van der Waals surface area contributed by atoms with Crippen molar-refractivity contribution in [2.75, 3.05) is 10.6 Å². The summed E-state index contributed by atoms with van der Waals surface area (Å²) in [7, 11) is 0. The number of nitrogen functional groups attached to an aromatic ring is 1. The van der Waals surface area contributed by atoms with E-state index in [1.54, 1.807) is 23.2 Å². The van der Waals surface area contributed by atoms with Gasteiger partial charge in [-0.1, -0.05) is 6.07 Å². The van der Waals surface area contributed by atoms with E-state index >= 15 is 0 Å². The molecule has 3 aromatic rings. The molecule has 0 amide bonds. The van der Waals surface area contributed by atoms with Gasteiger partial charge in [-0.3, -0.25) is 4.98 Å². The van der Waals surface area contributed by atoms with Crippen LogP contribution in [0.5, 0.6) is 0 Å². The quantitative estimate of drug-likeness (QED) is 0.766. The largest absolute Gasteiger partial charge is 0.433 e. The van der Waals surface area contributed by atoms with E-state index in [4.69, 9.17) is 5.73 Å². The summed E-state index contributed by atoms with van der Waals surface area (Å²) < 4.78 is 39.7. The highest BCUT2D eigenvalue weighted by molar-refractivity contribution is 5.86. The van der Waals surface area contributed by atoms with Crippen LogP contribution in [0.3, 0.4) is 0 Å². The Hall–Kier alpha value is -2.97. The Morgan fingerprint density at radius 3 is 2.46 bits per heavy atom. The molecule has 26 heavy (non-hydrogen) atoms. The van der Waals surface area contributed by atoms with Gasteiger partial charge in [-0.05, 0) is 32.0 Å². The van der Waals surface area contributed by atoms with E-state index in [9.17, 15) is 13.2 Å². The first-order valence-electron chi connectivity index (χ1n) is 7.93. The van der Waals surface area contributed by atoms with E-state index in [0.29, 0.717) is 11.0 Å². The third kappa shape index (κ3) is 3.51. The molecule has 2 N–H and O–H groups in total. The van der Waals surface area contributed by atoms with E-state index in [0.717, 1.165) is 6.20 Å². The second-order valence-corrected chi connectivity index (χ2v) is 6.01. The average molecular weight is 362 g/mol. The van der Waals surface area contributed by atoms with Crippen molar-refractivity contribution in [3.05, 3.63) is 47.9 Å². The molecule has 0 aliphatic carbocycles. The minimum Gasteiger partial charge on any atom is -0.383 e. The summed E-state index contributed by atoms with van der Waals surface area (Å²) >= 11 is 0. The van der Waals surface area contributed by atoms with Crippen LogP contribution in [-0.4, -0.2) is 26.0 Å². The maximum absolute atomic E-state index is 13.2. The number of anilines is 2. The van der Waals surface area contributed by atoms with Crippen LogP contribution in [0.15, 0.2) is 36.7 Å². The van der Waals surface area contributed by atoms with Crippen molar-refractivity contribution in [1.29, 1.82) is 0 Å². The van der Waals surface area contributed by atoms with Gasteiger partial charge in [0.1, 0.15) is 11.5 Å². The van der Waals surface area contributed by atoms with Crippen LogP contribution < -0.4 is 10.6 Å². The van der Waals surface area contributed by atoms with E-state index < -0.39 is 11.9 Å². The van der Waals surface area contributed by atoms with Crippen molar-refractivity contribution in [3.63, 3.8) is 0 Å². The predicted molar refractivity (Wildman–Crippen MR) is 92.3 cm³/mol. The molecule has 0 saturated heterocycles. The highest BCUT2D eigenvalue weighted by Gasteiger charge is 2.35. The lowest BCUT2D eigenvalue weighted by atomic mass is 10.1. The lowest BCUT2D eigenvalue weighted by Crippen LogP contribution is -2.33. The number of fused-ring (bicyclic) bond motifs is 1. The number of nitrogens with zero attached hydrogens (tertiary/aromatic N) is 5. The van der Waals surface area contributed by atoms with E-state index in [2.05, 4.69) is 19.9 Å². The maximum atomic E-state index is 13.2. The molecule has 0 aromatic carbocycles. The number of nitrogens with two attached hydrogens (primary N) is 1. The van der Waals surface area contributed by atoms with Gasteiger partial charge in [-0.15, -0.1) is 0 Å². The Morgan fingerprint density at radius 2 is 1.77 bits per heavy atom. The van der Waals surface area contributed by atoms with Crippen LogP contribution in [0.25, 0.3) is 11.0 Å². The molecule has 0 unspecified atom stereocenters. The molecule has 0 radical (unpaired) electrons. The highest BCUT2D eigenvalue weighted by Crippen LogP contribution is 2.31. The number of halogens is 3. The maximum Gasteiger partial charge on any atom is 0.433 e. The summed E-state index contributed by atoms with van der Waals surface area (Å²) in [5.41, 5.74) is 5.49. The zero-order valence-corrected chi connectivity index (χ0v) is 14.2. The fourth-order valence-corrected chi connectivity index (χ4v) is 2.59. The molecular formula is C17H17F3N6. The standard InChI is InChI=1S/C17H17F3N6/c1-10(2)26(9-11-5-3-7-22-13(11)17(18,19)20)16-24-14(21)12-6-4-8-23-15(12)25-16/h3-8,10H,9H2,1-2H3,(H2,21,23,24,25). The Bertz CT molecular complexity index is 926. The molecule has 3 rings (SSSR count). The molecule has 0 fully saturated rings. The molecular weight excluding hydrogens is 345 g/mol. The van der Waals surface area contributed by atoms with Gasteiger partial charge in [0.25, 0.3) is 0 Å². The van der Waals surface area contributed by atoms with Crippen LogP contribution in [0.1, 0.15) is 25.1 Å². The van der Waals surface area contributed by atoms with Gasteiger partial charge in [0.05, 0.1) is 5.39 Å². The van der Waals surface area contributed by atoms with Crippen LogP contribution in [-0.2, 0) is 12.7 Å². The smallest absolute Gasteiger partial charge is 0.383 e. The Balaban J connectivity index is 2.05. The first-order chi connectivity index (χ1) is 12.3. The summed E-state index contributed by atoms with van der Waals surface area (Å²) in [5, 5.41) is 0.595. The Labute approximate surface area is 147 Å². The Kier molecular flexibility index (Phi) is 4.62. The number of alkyl halides is 3. The lowest BCUT2D eigenvalue weighted by Gasteiger charge is -2.28. The molecule has 0 atom stereocenters. The van der Waals surface area contributed by atoms with Crippen molar-refractivity contribution in [2.45, 2.75) is 32.6 Å². The average Bonchev–Trinajstić information content (AvgIpc) is 2.59. The zero-order chi connectivity index (χ0) is 18.9. The molecule has 0 saturated carbocycles. The summed E-state index contributed by atoms with van der Waals surface area (Å²) in [5.74, 6) is 0.451. The van der Waals surface area contributed by atoms with E-state index in [1.807, 2.05) is 13.8 Å². The van der Waals surface area contributed by atoms with Crippen LogP contribution in [0.4, 0.5) is 24.9 Å². The van der Waals surface area contributed by atoms with Gasteiger partial charge in [-0.2, -0.15) is 23.1 Å². The summed E-state index contributed by atoms with van der Waals surface area (Å²) in [4.78, 5) is 17.9. The van der Waals surface area contributed by atoms with Crippen molar-refractivity contribution in [1.82, 2.24) is 19.9 Å². The van der Waals surface area contributed by atoms with Gasteiger partial charge in [0.2, 0.25) is 5.95 Å². The lowest BCUT2D eigenvalue weighted by molar-refractivity contribution is -0.141. The minimum atomic E-state index is -4.54. The molecule has 3 aromatic heterocycles. The van der Waals surface area contributed by atoms with Crippen molar-refractivity contribution in [2.24, 2.45) is 0 Å². The van der Waals surface area contributed by atoms with Crippen LogP contribution in [0.2, 0.25) is 0 Å². The summed E-state index contributed by atoms with van der Waals surface area (Å²) in [6.45, 7) is 3.62. The number of pyridine rings is 2. The van der Waals surface area contributed by atoms with E-state index in [-0.39, 0.29) is 29.9 Å². The monoisotopic (exact) mass is 362 g/mol. The van der Waals surface area contributed by atoms with E-state index in [1.165, 1.54) is 12.1 Å². The number of hydrogen-bond donors (Lipinski definition) is 1. The molecule has 3 heterocycles. The summed E-state index contributed by atoms with van der Waals surface area (Å²) in [6.07, 6.45) is -1.84. The normalized spacial score (nSPS) is 11.9. The first-order valence-corrected chi connectivity index (χ1v) is 7.93. The van der Waals surface area contributed by atoms with Crippen molar-refractivity contribution in [3.8, 4) is 0 Å². The number of rotatable bonds is 4. The molecule has 0 aliphatic heterocycles. The van der Waals surface area contributed by atoms with Gasteiger partial charge in [-0.25, -0.2) is 4.98 Å². The van der Waals surface area contributed by atoms with Crippen molar-refractivity contribution >= 4 is 22.8 Å². The minimum absolute atomic E-state index is 0.0389. The molecule has 0 spiro atoms. The molecule has 0 bridgehead atoms. The van der Waals surface area contributed by atoms with Gasteiger partial charge in [0, 0.05) is 30.5 Å². The topological polar surface area (TPSA) is 80.8 Å². The van der Waals surface area contributed by atoms with Gasteiger partial charge >= 0.3 is 6.18 Å². The second-order valence-electron chi connectivity index (χ2n) is 6.01. The molecule has 9 heteroatoms. The van der Waals surface area contributed by atoms with Gasteiger partial charge < -0.3 is 10.6 Å². The molecule has 0 aliphatic rings. The number of aromatic nitrogens is 4. The van der Waals surface area contributed by atoms with Crippen molar-refractivity contribution < 1.29 is 13.2 Å². The number of hydrogen-bond acceptors (Lipinski definition) is 6. The molecule has 136 valence electrons. The Morgan fingerprint density at radius 1 is 1.08 bits per heavy atom. The SMILES string of the molecule is CC(C)N(Cc1cccnc1C(F)(F)F)c1nc(N)c2cccnc2n1. The van der Waals surface area contributed by atoms with Gasteiger partial charge in [0.15, 0.2) is 5.65 Å². The fraction of sp³-hybridized carbons (Fsp3) is 0.294.